The summed E-state index contributed by atoms with van der Waals surface area (Å²) in [5.74, 6) is 2.49. The summed E-state index contributed by atoms with van der Waals surface area (Å²) in [5, 5.41) is 17.4. The monoisotopic (exact) mass is 367 g/mol. The van der Waals surface area contributed by atoms with Crippen LogP contribution in [-0.4, -0.2) is 25.0 Å². The molecule has 0 aliphatic carbocycles. The highest BCUT2D eigenvalue weighted by Crippen LogP contribution is 2.35. The third kappa shape index (κ3) is 3.41. The van der Waals surface area contributed by atoms with Gasteiger partial charge >= 0.3 is 0 Å². The Bertz CT molecular complexity index is 978. The van der Waals surface area contributed by atoms with Gasteiger partial charge in [-0.2, -0.15) is 0 Å². The van der Waals surface area contributed by atoms with E-state index in [2.05, 4.69) is 32.5 Å². The summed E-state index contributed by atoms with van der Waals surface area (Å²) < 4.78 is 13.1. The molecule has 1 unspecified atom stereocenters. The van der Waals surface area contributed by atoms with E-state index in [1.54, 1.807) is 13.2 Å². The summed E-state index contributed by atoms with van der Waals surface area (Å²) >= 11 is 1.53. The normalized spacial score (nSPS) is 12.4. The number of hydrogen-bond acceptors (Lipinski definition) is 7. The fraction of sp³-hybridized carbons (Fsp3) is 0.222. The predicted molar refractivity (Wildman–Crippen MR) is 96.6 cm³/mol. The number of thioether (sulfide) groups is 1. The van der Waals surface area contributed by atoms with Gasteiger partial charge in [0, 0.05) is 6.92 Å². The lowest BCUT2D eigenvalue weighted by molar-refractivity contribution is 0.469. The van der Waals surface area contributed by atoms with Crippen LogP contribution in [0, 0.1) is 6.92 Å². The molecular formula is C18H17N5O2S. The molecule has 1 atom stereocenters. The summed E-state index contributed by atoms with van der Waals surface area (Å²) in [4.78, 5) is 0. The van der Waals surface area contributed by atoms with E-state index < -0.39 is 0 Å². The van der Waals surface area contributed by atoms with E-state index in [1.807, 2.05) is 41.8 Å². The van der Waals surface area contributed by atoms with Crippen LogP contribution in [0.25, 0.3) is 11.6 Å². The third-order valence-corrected chi connectivity index (χ3v) is 4.88. The summed E-state index contributed by atoms with van der Waals surface area (Å²) in [7, 11) is 0. The van der Waals surface area contributed by atoms with Gasteiger partial charge in [-0.15, -0.1) is 20.4 Å². The van der Waals surface area contributed by atoms with Gasteiger partial charge in [-0.3, -0.25) is 4.57 Å². The van der Waals surface area contributed by atoms with E-state index in [9.17, 15) is 0 Å². The first-order chi connectivity index (χ1) is 12.7. The zero-order chi connectivity index (χ0) is 17.9. The van der Waals surface area contributed by atoms with Crippen molar-refractivity contribution in [3.05, 3.63) is 66.1 Å². The lowest BCUT2D eigenvalue weighted by Gasteiger charge is -2.11. The molecule has 0 amide bonds. The van der Waals surface area contributed by atoms with Crippen molar-refractivity contribution in [1.82, 2.24) is 25.0 Å². The maximum Gasteiger partial charge on any atom is 0.229 e. The number of benzene rings is 1. The SMILES string of the molecule is Cc1nnc(C(C)Sc2nnc(-c3ccco3)n2Cc2ccccc2)o1. The molecular weight excluding hydrogens is 350 g/mol. The zero-order valence-electron chi connectivity index (χ0n) is 14.4. The summed E-state index contributed by atoms with van der Waals surface area (Å²) in [6.45, 7) is 4.42. The Hall–Kier alpha value is -2.87. The standard InChI is InChI=1S/C18H17N5O2S/c1-12(17-21-19-13(2)25-17)26-18-22-20-16(15-9-6-10-24-15)23(18)11-14-7-4-3-5-8-14/h3-10,12H,11H2,1-2H3. The van der Waals surface area contributed by atoms with Crippen molar-refractivity contribution in [3.63, 3.8) is 0 Å². The lowest BCUT2D eigenvalue weighted by Crippen LogP contribution is -2.04. The van der Waals surface area contributed by atoms with Crippen molar-refractivity contribution in [2.75, 3.05) is 0 Å². The van der Waals surface area contributed by atoms with Crippen molar-refractivity contribution in [2.45, 2.75) is 30.8 Å². The molecule has 0 saturated carbocycles. The fourth-order valence-electron chi connectivity index (χ4n) is 2.56. The molecule has 4 rings (SSSR count). The van der Waals surface area contributed by atoms with Gasteiger partial charge in [-0.05, 0) is 24.6 Å². The van der Waals surface area contributed by atoms with Crippen molar-refractivity contribution >= 4 is 11.8 Å². The first-order valence-electron chi connectivity index (χ1n) is 8.18. The molecule has 8 heteroatoms. The number of hydrogen-bond donors (Lipinski definition) is 0. The second-order valence-electron chi connectivity index (χ2n) is 5.77. The van der Waals surface area contributed by atoms with Gasteiger partial charge in [0.1, 0.15) is 0 Å². The van der Waals surface area contributed by atoms with Crippen LogP contribution in [0.2, 0.25) is 0 Å². The third-order valence-electron chi connectivity index (χ3n) is 3.81. The minimum absolute atomic E-state index is 0.0422. The topological polar surface area (TPSA) is 82.8 Å². The molecule has 0 fully saturated rings. The minimum atomic E-state index is -0.0422. The fourth-order valence-corrected chi connectivity index (χ4v) is 3.44. The molecule has 4 aromatic rings. The van der Waals surface area contributed by atoms with Crippen LogP contribution in [0.5, 0.6) is 0 Å². The van der Waals surface area contributed by atoms with Crippen LogP contribution in [0.15, 0.2) is 62.7 Å². The van der Waals surface area contributed by atoms with Gasteiger partial charge in [-0.25, -0.2) is 0 Å². The van der Waals surface area contributed by atoms with Crippen LogP contribution in [0.3, 0.4) is 0 Å². The van der Waals surface area contributed by atoms with Crippen LogP contribution in [0.1, 0.15) is 29.5 Å². The highest BCUT2D eigenvalue weighted by atomic mass is 32.2. The van der Waals surface area contributed by atoms with Crippen LogP contribution >= 0.6 is 11.8 Å². The Morgan fingerprint density at radius 1 is 1.04 bits per heavy atom. The number of rotatable bonds is 6. The summed E-state index contributed by atoms with van der Waals surface area (Å²) in [6, 6.07) is 13.9. The quantitative estimate of drug-likeness (QED) is 0.474. The Kier molecular flexibility index (Phi) is 4.57. The molecule has 0 bridgehead atoms. The molecule has 7 nitrogen and oxygen atoms in total. The number of nitrogens with zero attached hydrogens (tertiary/aromatic N) is 5. The van der Waals surface area contributed by atoms with Gasteiger partial charge < -0.3 is 8.83 Å². The van der Waals surface area contributed by atoms with E-state index >= 15 is 0 Å². The smallest absolute Gasteiger partial charge is 0.229 e. The maximum absolute atomic E-state index is 5.54. The first-order valence-corrected chi connectivity index (χ1v) is 9.06. The van der Waals surface area contributed by atoms with Crippen LogP contribution < -0.4 is 0 Å². The zero-order valence-corrected chi connectivity index (χ0v) is 15.2. The average Bonchev–Trinajstić information content (AvgIpc) is 3.38. The van der Waals surface area contributed by atoms with Crippen LogP contribution in [0.4, 0.5) is 0 Å². The van der Waals surface area contributed by atoms with E-state index in [-0.39, 0.29) is 5.25 Å². The second kappa shape index (κ2) is 7.17. The molecule has 0 radical (unpaired) electrons. The maximum atomic E-state index is 5.54. The van der Waals surface area contributed by atoms with Gasteiger partial charge in [-0.1, -0.05) is 42.1 Å². The van der Waals surface area contributed by atoms with Crippen molar-refractivity contribution in [3.8, 4) is 11.6 Å². The minimum Gasteiger partial charge on any atom is -0.461 e. The highest BCUT2D eigenvalue weighted by molar-refractivity contribution is 7.99. The van der Waals surface area contributed by atoms with Gasteiger partial charge in [0.25, 0.3) is 0 Å². The van der Waals surface area contributed by atoms with E-state index in [4.69, 9.17) is 8.83 Å². The second-order valence-corrected chi connectivity index (χ2v) is 7.08. The van der Waals surface area contributed by atoms with Gasteiger partial charge in [0.2, 0.25) is 17.6 Å². The largest absolute Gasteiger partial charge is 0.461 e. The molecule has 0 aliphatic rings. The van der Waals surface area contributed by atoms with E-state index in [1.165, 1.54) is 11.8 Å². The van der Waals surface area contributed by atoms with E-state index in [0.717, 1.165) is 10.7 Å². The molecule has 0 aliphatic heterocycles. The Morgan fingerprint density at radius 3 is 2.58 bits per heavy atom. The van der Waals surface area contributed by atoms with Crippen molar-refractivity contribution in [1.29, 1.82) is 0 Å². The highest BCUT2D eigenvalue weighted by Gasteiger charge is 2.21. The van der Waals surface area contributed by atoms with Gasteiger partial charge in [0.05, 0.1) is 18.1 Å². The Balaban J connectivity index is 1.67. The predicted octanol–water partition coefficient (Wildman–Crippen LogP) is 4.13. The molecule has 3 aromatic heterocycles. The molecule has 1 aromatic carbocycles. The lowest BCUT2D eigenvalue weighted by atomic mass is 10.2. The number of aromatic nitrogens is 5. The van der Waals surface area contributed by atoms with Crippen LogP contribution in [-0.2, 0) is 6.54 Å². The molecule has 132 valence electrons. The number of furan rings is 1. The van der Waals surface area contributed by atoms with E-state index in [0.29, 0.717) is 29.9 Å². The van der Waals surface area contributed by atoms with Crippen molar-refractivity contribution in [2.24, 2.45) is 0 Å². The molecule has 0 spiro atoms. The molecule has 26 heavy (non-hydrogen) atoms. The molecule has 0 saturated heterocycles. The number of aryl methyl sites for hydroxylation is 1. The van der Waals surface area contributed by atoms with Gasteiger partial charge in [0.15, 0.2) is 10.9 Å². The summed E-state index contributed by atoms with van der Waals surface area (Å²) in [6.07, 6.45) is 1.63. The average molecular weight is 367 g/mol. The Labute approximate surface area is 154 Å². The first kappa shape index (κ1) is 16.6. The summed E-state index contributed by atoms with van der Waals surface area (Å²) in [5.41, 5.74) is 1.16. The van der Waals surface area contributed by atoms with Crippen molar-refractivity contribution < 1.29 is 8.83 Å². The molecule has 3 heterocycles. The Morgan fingerprint density at radius 2 is 1.88 bits per heavy atom. The molecule has 0 N–H and O–H groups in total.